The maximum atomic E-state index is 13.8. The first-order chi connectivity index (χ1) is 17.4. The number of carbonyl (C=O) groups is 2. The highest BCUT2D eigenvalue weighted by molar-refractivity contribution is 6.36. The van der Waals surface area contributed by atoms with Gasteiger partial charge in [-0.3, -0.25) is 9.78 Å². The molecule has 5 rings (SSSR count). The van der Waals surface area contributed by atoms with E-state index < -0.39 is 11.9 Å². The first-order valence-corrected chi connectivity index (χ1v) is 13.2. The Balaban J connectivity index is 1.59. The average molecular weight is 527 g/mol. The lowest BCUT2D eigenvalue weighted by Gasteiger charge is -2.37. The monoisotopic (exact) mass is 526 g/mol. The quantitative estimate of drug-likeness (QED) is 0.442. The summed E-state index contributed by atoms with van der Waals surface area (Å²) in [6, 6.07) is 6.76. The summed E-state index contributed by atoms with van der Waals surface area (Å²) in [5.41, 5.74) is 3.85. The Hall–Kier alpha value is -2.83. The summed E-state index contributed by atoms with van der Waals surface area (Å²) < 4.78 is 5.93. The van der Waals surface area contributed by atoms with Crippen molar-refractivity contribution in [3.63, 3.8) is 0 Å². The van der Waals surface area contributed by atoms with Gasteiger partial charge in [-0.05, 0) is 67.7 Å². The van der Waals surface area contributed by atoms with Crippen LogP contribution < -0.4 is 5.32 Å². The van der Waals surface area contributed by atoms with E-state index in [1.54, 1.807) is 18.2 Å². The van der Waals surface area contributed by atoms with E-state index in [2.05, 4.69) is 10.3 Å². The first-order valence-electron chi connectivity index (χ1n) is 12.4. The van der Waals surface area contributed by atoms with Crippen molar-refractivity contribution in [2.24, 2.45) is 0 Å². The Morgan fingerprint density at radius 1 is 1.17 bits per heavy atom. The zero-order chi connectivity index (χ0) is 25.4. The second kappa shape index (κ2) is 10.3. The smallest absolute Gasteiger partial charge is 0.337 e. The Morgan fingerprint density at radius 3 is 2.56 bits per heavy atom. The molecule has 2 aliphatic carbocycles. The Kier molecular flexibility index (Phi) is 7.09. The molecule has 0 spiro atoms. The van der Waals surface area contributed by atoms with Gasteiger partial charge in [-0.25, -0.2) is 4.79 Å². The molecular weight excluding hydrogens is 499 g/mol. The number of hydrogen-bond acceptors (Lipinski definition) is 6. The molecule has 2 N–H and O–H groups in total. The summed E-state index contributed by atoms with van der Waals surface area (Å²) in [5, 5.41) is 14.5. The van der Waals surface area contributed by atoms with Gasteiger partial charge in [0.2, 0.25) is 0 Å². The number of allylic oxidation sites excluding steroid dienone is 3. The molecule has 1 aliphatic heterocycles. The van der Waals surface area contributed by atoms with Gasteiger partial charge in [0.05, 0.1) is 15.6 Å². The molecule has 1 saturated carbocycles. The number of pyridine rings is 1. The van der Waals surface area contributed by atoms with Gasteiger partial charge in [0.15, 0.2) is 5.78 Å². The number of hydrogen-bond donors (Lipinski definition) is 2. The molecule has 0 saturated heterocycles. The third-order valence-corrected chi connectivity index (χ3v) is 7.97. The van der Waals surface area contributed by atoms with Gasteiger partial charge in [-0.1, -0.05) is 42.3 Å². The molecular formula is C28H28Cl2N2O4. The number of nitrogens with one attached hydrogen (secondary N) is 1. The van der Waals surface area contributed by atoms with E-state index >= 15 is 0 Å². The maximum Gasteiger partial charge on any atom is 0.337 e. The second-order valence-corrected chi connectivity index (χ2v) is 10.5. The molecule has 1 fully saturated rings. The van der Waals surface area contributed by atoms with Gasteiger partial charge in [0.1, 0.15) is 11.9 Å². The van der Waals surface area contributed by atoms with E-state index in [-0.39, 0.29) is 30.0 Å². The van der Waals surface area contributed by atoms with E-state index in [1.165, 1.54) is 12.4 Å². The molecule has 2 heterocycles. The van der Waals surface area contributed by atoms with Crippen LogP contribution in [0, 0.1) is 0 Å². The Morgan fingerprint density at radius 2 is 1.89 bits per heavy atom. The number of phenols is 1. The maximum absolute atomic E-state index is 13.8. The summed E-state index contributed by atoms with van der Waals surface area (Å²) in [6.45, 7) is 1.97. The van der Waals surface area contributed by atoms with Crippen molar-refractivity contribution >= 4 is 35.0 Å². The topological polar surface area (TPSA) is 88.5 Å². The van der Waals surface area contributed by atoms with Crippen LogP contribution in [0.3, 0.4) is 0 Å². The molecule has 2 unspecified atom stereocenters. The number of ether oxygens (including phenoxy) is 1. The number of nitrogens with zero attached hydrogens (tertiary/aromatic N) is 1. The van der Waals surface area contributed by atoms with Crippen molar-refractivity contribution in [1.29, 1.82) is 0 Å². The molecule has 6 nitrogen and oxygen atoms in total. The van der Waals surface area contributed by atoms with Gasteiger partial charge in [0.25, 0.3) is 0 Å². The number of aromatic nitrogens is 1. The number of carbonyl (C=O) groups excluding carboxylic acids is 2. The fourth-order valence-electron chi connectivity index (χ4n) is 5.75. The number of aromatic hydroxyl groups is 1. The van der Waals surface area contributed by atoms with Gasteiger partial charge in [-0.2, -0.15) is 0 Å². The first kappa shape index (κ1) is 24.8. The SMILES string of the molecule is CCC1=C(C(=O)OC2CCCC2)C(c2cccc(O)c2)C2=C(CC(c3c(Cl)cncc3Cl)CC2=O)N1. The minimum atomic E-state index is -0.631. The highest BCUT2D eigenvalue weighted by Crippen LogP contribution is 2.48. The molecule has 1 aromatic carbocycles. The van der Waals surface area contributed by atoms with Crippen molar-refractivity contribution in [2.75, 3.05) is 0 Å². The summed E-state index contributed by atoms with van der Waals surface area (Å²) >= 11 is 12.9. The zero-order valence-electron chi connectivity index (χ0n) is 20.0. The highest BCUT2D eigenvalue weighted by Gasteiger charge is 2.43. The van der Waals surface area contributed by atoms with Crippen LogP contribution in [0.5, 0.6) is 5.75 Å². The summed E-state index contributed by atoms with van der Waals surface area (Å²) in [6.07, 6.45) is 8.02. The van der Waals surface area contributed by atoms with E-state index in [1.807, 2.05) is 13.0 Å². The van der Waals surface area contributed by atoms with Crippen molar-refractivity contribution in [2.45, 2.75) is 69.8 Å². The molecule has 2 atom stereocenters. The largest absolute Gasteiger partial charge is 0.508 e. The van der Waals surface area contributed by atoms with Gasteiger partial charge < -0.3 is 15.2 Å². The zero-order valence-corrected chi connectivity index (χ0v) is 21.5. The number of Topliss-reactive ketones (excluding diaryl/α,β-unsaturated/α-hetero) is 1. The molecule has 0 radical (unpaired) electrons. The van der Waals surface area contributed by atoms with Crippen LogP contribution in [-0.2, 0) is 14.3 Å². The van der Waals surface area contributed by atoms with Crippen LogP contribution in [0.2, 0.25) is 10.0 Å². The second-order valence-electron chi connectivity index (χ2n) is 9.65. The summed E-state index contributed by atoms with van der Waals surface area (Å²) in [4.78, 5) is 31.4. The molecule has 36 heavy (non-hydrogen) atoms. The number of benzene rings is 1. The van der Waals surface area contributed by atoms with E-state index in [9.17, 15) is 14.7 Å². The number of halogens is 2. The van der Waals surface area contributed by atoms with Crippen LogP contribution in [0.25, 0.3) is 0 Å². The van der Waals surface area contributed by atoms with E-state index in [0.29, 0.717) is 45.2 Å². The number of ketones is 1. The van der Waals surface area contributed by atoms with Crippen molar-refractivity contribution < 1.29 is 19.4 Å². The average Bonchev–Trinajstić information content (AvgIpc) is 3.35. The molecule has 2 aromatic rings. The molecule has 3 aliphatic rings. The Labute approximate surface area is 220 Å². The van der Waals surface area contributed by atoms with Crippen molar-refractivity contribution in [1.82, 2.24) is 10.3 Å². The summed E-state index contributed by atoms with van der Waals surface area (Å²) in [7, 11) is 0. The predicted octanol–water partition coefficient (Wildman–Crippen LogP) is 6.33. The molecule has 188 valence electrons. The number of phenolic OH excluding ortho intramolecular Hbond substituents is 1. The minimum Gasteiger partial charge on any atom is -0.508 e. The van der Waals surface area contributed by atoms with Gasteiger partial charge in [0, 0.05) is 41.7 Å². The minimum absolute atomic E-state index is 0.0752. The standard InChI is InChI=1S/C28H28Cl2N2O4/c1-2-21-27(28(35)36-18-8-3-4-9-18)25(15-6-5-7-17(33)10-15)26-22(32-21)11-16(12-23(26)34)24-19(29)13-31-14-20(24)30/h5-7,10,13-14,16,18,25,32-33H,2-4,8-9,11-12H2,1H3. The molecule has 0 amide bonds. The van der Waals surface area contributed by atoms with Crippen molar-refractivity contribution in [3.8, 4) is 5.75 Å². The molecule has 0 bridgehead atoms. The van der Waals surface area contributed by atoms with E-state index in [4.69, 9.17) is 27.9 Å². The summed E-state index contributed by atoms with van der Waals surface area (Å²) in [5.74, 6) is -1.27. The van der Waals surface area contributed by atoms with Gasteiger partial charge in [-0.15, -0.1) is 0 Å². The molecule has 1 aromatic heterocycles. The lowest BCUT2D eigenvalue weighted by atomic mass is 9.71. The highest BCUT2D eigenvalue weighted by atomic mass is 35.5. The number of rotatable bonds is 5. The lowest BCUT2D eigenvalue weighted by Crippen LogP contribution is -2.37. The number of esters is 1. The third-order valence-electron chi connectivity index (χ3n) is 7.36. The normalized spacial score (nSPS) is 22.5. The van der Waals surface area contributed by atoms with Crippen molar-refractivity contribution in [3.05, 3.63) is 80.4 Å². The number of dihydropyridines is 1. The van der Waals surface area contributed by atoms with E-state index in [0.717, 1.165) is 37.1 Å². The van der Waals surface area contributed by atoms with Crippen LogP contribution in [-0.4, -0.2) is 27.9 Å². The van der Waals surface area contributed by atoms with Gasteiger partial charge >= 0.3 is 5.97 Å². The Bertz CT molecular complexity index is 1260. The lowest BCUT2D eigenvalue weighted by molar-refractivity contribution is -0.144. The van der Waals surface area contributed by atoms with Crippen LogP contribution in [0.15, 0.2) is 59.2 Å². The third kappa shape index (κ3) is 4.64. The fourth-order valence-corrected chi connectivity index (χ4v) is 6.42. The van der Waals surface area contributed by atoms with Crippen LogP contribution in [0.1, 0.15) is 74.8 Å². The fraction of sp³-hybridized carbons (Fsp3) is 0.393. The molecule has 8 heteroatoms. The van der Waals surface area contributed by atoms with Crippen LogP contribution in [0.4, 0.5) is 0 Å². The van der Waals surface area contributed by atoms with Crippen LogP contribution >= 0.6 is 23.2 Å². The predicted molar refractivity (Wildman–Crippen MR) is 138 cm³/mol.